The molecule has 2 heterocycles. The van der Waals surface area contributed by atoms with Gasteiger partial charge in [0.1, 0.15) is 5.84 Å². The zero-order valence-electron chi connectivity index (χ0n) is 18.1. The third-order valence-electron chi connectivity index (χ3n) is 5.24. The molecule has 4 rings (SSSR count). The van der Waals surface area contributed by atoms with Crippen LogP contribution < -0.4 is 21.3 Å². The smallest absolute Gasteiger partial charge is 0.322 e. The van der Waals surface area contributed by atoms with Gasteiger partial charge in [-0.1, -0.05) is 6.07 Å². The SMILES string of the molecule is CC(C)n1c(=O)[nH]c2cc(C(=O)Nc3cccc(S(=O)(=O)NC4=NCCC4)c3)ccc2c1=O. The van der Waals surface area contributed by atoms with Crippen molar-refractivity contribution in [3.05, 3.63) is 68.9 Å². The Bertz CT molecular complexity index is 1500. The minimum atomic E-state index is -3.83. The van der Waals surface area contributed by atoms with Crippen LogP contribution in [0.1, 0.15) is 43.1 Å². The zero-order valence-corrected chi connectivity index (χ0v) is 18.9. The first-order valence-corrected chi connectivity index (χ1v) is 11.9. The minimum absolute atomic E-state index is 0.00743. The number of nitrogens with zero attached hydrogens (tertiary/aromatic N) is 2. The Morgan fingerprint density at radius 1 is 1.15 bits per heavy atom. The molecule has 0 spiro atoms. The maximum atomic E-state index is 12.8. The second-order valence-corrected chi connectivity index (χ2v) is 9.66. The van der Waals surface area contributed by atoms with Gasteiger partial charge in [0.25, 0.3) is 21.5 Å². The number of aromatic nitrogens is 2. The summed E-state index contributed by atoms with van der Waals surface area (Å²) in [5.41, 5.74) is -0.274. The first-order valence-electron chi connectivity index (χ1n) is 10.4. The van der Waals surface area contributed by atoms with E-state index in [-0.39, 0.29) is 33.1 Å². The zero-order chi connectivity index (χ0) is 23.8. The van der Waals surface area contributed by atoms with Crippen molar-refractivity contribution in [3.63, 3.8) is 0 Å². The van der Waals surface area contributed by atoms with Crippen molar-refractivity contribution in [2.24, 2.45) is 4.99 Å². The Hall–Kier alpha value is -3.73. The van der Waals surface area contributed by atoms with Crippen LogP contribution in [0.5, 0.6) is 0 Å². The molecular weight excluding hydrogens is 446 g/mol. The van der Waals surface area contributed by atoms with Gasteiger partial charge < -0.3 is 10.3 Å². The number of nitrogens with one attached hydrogen (secondary N) is 3. The summed E-state index contributed by atoms with van der Waals surface area (Å²) in [6.45, 7) is 4.06. The maximum absolute atomic E-state index is 12.8. The van der Waals surface area contributed by atoms with Crippen LogP contribution in [0.15, 0.2) is 61.9 Å². The first kappa shape index (κ1) is 22.5. The number of amidine groups is 1. The lowest BCUT2D eigenvalue weighted by atomic mass is 10.1. The van der Waals surface area contributed by atoms with Crippen molar-refractivity contribution in [1.29, 1.82) is 0 Å². The van der Waals surface area contributed by atoms with Gasteiger partial charge in [0, 0.05) is 30.3 Å². The van der Waals surface area contributed by atoms with E-state index in [1.807, 2.05) is 0 Å². The summed E-state index contributed by atoms with van der Waals surface area (Å²) in [4.78, 5) is 44.4. The fraction of sp³-hybridized carbons (Fsp3) is 0.273. The number of fused-ring (bicyclic) bond motifs is 1. The molecule has 3 N–H and O–H groups in total. The third-order valence-corrected chi connectivity index (χ3v) is 6.62. The molecule has 1 amide bonds. The quantitative estimate of drug-likeness (QED) is 0.524. The van der Waals surface area contributed by atoms with Crippen LogP contribution in [0.4, 0.5) is 5.69 Å². The van der Waals surface area contributed by atoms with E-state index >= 15 is 0 Å². The number of carbonyl (C=O) groups is 1. The minimum Gasteiger partial charge on any atom is -0.322 e. The molecule has 0 atom stereocenters. The number of benzene rings is 2. The second kappa shape index (κ2) is 8.66. The van der Waals surface area contributed by atoms with Crippen molar-refractivity contribution in [2.45, 2.75) is 37.6 Å². The van der Waals surface area contributed by atoms with Gasteiger partial charge in [0.2, 0.25) is 0 Å². The number of hydrogen-bond donors (Lipinski definition) is 3. The molecule has 172 valence electrons. The third kappa shape index (κ3) is 4.58. The number of carbonyl (C=O) groups excluding carboxylic acids is 1. The molecule has 2 aromatic carbocycles. The van der Waals surface area contributed by atoms with Gasteiger partial charge >= 0.3 is 5.69 Å². The average molecular weight is 470 g/mol. The van der Waals surface area contributed by atoms with Crippen LogP contribution in [0.2, 0.25) is 0 Å². The van der Waals surface area contributed by atoms with Crippen molar-refractivity contribution < 1.29 is 13.2 Å². The number of aromatic amines is 1. The van der Waals surface area contributed by atoms with E-state index in [4.69, 9.17) is 0 Å². The van der Waals surface area contributed by atoms with Crippen molar-refractivity contribution in [3.8, 4) is 0 Å². The molecule has 10 nitrogen and oxygen atoms in total. The van der Waals surface area contributed by atoms with Gasteiger partial charge in [-0.25, -0.2) is 13.2 Å². The molecule has 11 heteroatoms. The largest absolute Gasteiger partial charge is 0.329 e. The Morgan fingerprint density at radius 2 is 1.94 bits per heavy atom. The predicted octanol–water partition coefficient (Wildman–Crippen LogP) is 1.99. The van der Waals surface area contributed by atoms with Crippen LogP contribution in [0.3, 0.4) is 0 Å². The first-order chi connectivity index (χ1) is 15.7. The number of H-pyrrole nitrogens is 1. The fourth-order valence-corrected chi connectivity index (χ4v) is 4.76. The lowest BCUT2D eigenvalue weighted by molar-refractivity contribution is 0.102. The monoisotopic (exact) mass is 469 g/mol. The highest BCUT2D eigenvalue weighted by Gasteiger charge is 2.19. The van der Waals surface area contributed by atoms with E-state index in [9.17, 15) is 22.8 Å². The average Bonchev–Trinajstić information content (AvgIpc) is 3.25. The standard InChI is InChI=1S/C22H23N5O5S/c1-13(2)27-21(29)17-9-8-14(11-18(17)25-22(27)30)20(28)24-15-5-3-6-16(12-15)33(31,32)26-19-7-4-10-23-19/h3,5-6,8-9,11-13H,4,7,10H2,1-2H3,(H,23,26)(H,24,28)(H,25,30). The summed E-state index contributed by atoms with van der Waals surface area (Å²) in [6.07, 6.45) is 1.37. The molecule has 33 heavy (non-hydrogen) atoms. The molecule has 0 radical (unpaired) electrons. The van der Waals surface area contributed by atoms with Crippen molar-refractivity contribution >= 4 is 38.4 Å². The fourth-order valence-electron chi connectivity index (χ4n) is 3.62. The molecule has 0 saturated carbocycles. The van der Waals surface area contributed by atoms with E-state index in [0.717, 1.165) is 11.0 Å². The molecule has 1 aliphatic heterocycles. The predicted molar refractivity (Wildman–Crippen MR) is 125 cm³/mol. The van der Waals surface area contributed by atoms with E-state index < -0.39 is 27.2 Å². The molecule has 0 unspecified atom stereocenters. The van der Waals surface area contributed by atoms with Crippen molar-refractivity contribution in [1.82, 2.24) is 14.3 Å². The summed E-state index contributed by atoms with van der Waals surface area (Å²) in [5.74, 6) is -0.0976. The number of rotatable bonds is 5. The molecular formula is C22H23N5O5S. The van der Waals surface area contributed by atoms with Gasteiger partial charge in [0.15, 0.2) is 0 Å². The molecule has 3 aromatic rings. The Morgan fingerprint density at radius 3 is 2.64 bits per heavy atom. The van der Waals surface area contributed by atoms with Crippen LogP contribution in [0.25, 0.3) is 10.9 Å². The van der Waals surface area contributed by atoms with Crippen LogP contribution in [-0.2, 0) is 10.0 Å². The highest BCUT2D eigenvalue weighted by atomic mass is 32.2. The lowest BCUT2D eigenvalue weighted by Crippen LogP contribution is -2.36. The number of amides is 1. The summed E-state index contributed by atoms with van der Waals surface area (Å²) >= 11 is 0. The van der Waals surface area contributed by atoms with Crippen LogP contribution in [0, 0.1) is 0 Å². The molecule has 0 bridgehead atoms. The highest BCUT2D eigenvalue weighted by molar-refractivity contribution is 7.90. The molecule has 1 aromatic heterocycles. The highest BCUT2D eigenvalue weighted by Crippen LogP contribution is 2.18. The number of anilines is 1. The van der Waals surface area contributed by atoms with Gasteiger partial charge in [0.05, 0.1) is 15.8 Å². The Labute approximate surface area is 189 Å². The molecule has 0 saturated heterocycles. The normalized spacial score (nSPS) is 13.8. The van der Waals surface area contributed by atoms with Gasteiger partial charge in [-0.05, 0) is 56.7 Å². The summed E-state index contributed by atoms with van der Waals surface area (Å²) in [5, 5.41) is 2.94. The molecule has 1 aliphatic rings. The Kier molecular flexibility index (Phi) is 5.90. The van der Waals surface area contributed by atoms with E-state index in [0.29, 0.717) is 18.8 Å². The topological polar surface area (TPSA) is 142 Å². The van der Waals surface area contributed by atoms with E-state index in [1.165, 1.54) is 36.4 Å². The van der Waals surface area contributed by atoms with Gasteiger partial charge in [-0.15, -0.1) is 0 Å². The second-order valence-electron chi connectivity index (χ2n) is 7.98. The summed E-state index contributed by atoms with van der Waals surface area (Å²) in [6, 6.07) is 9.91. The lowest BCUT2D eigenvalue weighted by Gasteiger charge is -2.11. The summed E-state index contributed by atoms with van der Waals surface area (Å²) in [7, 11) is -3.83. The summed E-state index contributed by atoms with van der Waals surface area (Å²) < 4.78 is 28.8. The van der Waals surface area contributed by atoms with E-state index in [2.05, 4.69) is 20.0 Å². The van der Waals surface area contributed by atoms with Crippen molar-refractivity contribution in [2.75, 3.05) is 11.9 Å². The molecule has 0 aliphatic carbocycles. The maximum Gasteiger partial charge on any atom is 0.329 e. The molecule has 0 fully saturated rings. The van der Waals surface area contributed by atoms with Gasteiger partial charge in [-0.2, -0.15) is 0 Å². The Balaban J connectivity index is 1.59. The van der Waals surface area contributed by atoms with Crippen LogP contribution in [-0.4, -0.2) is 36.3 Å². The van der Waals surface area contributed by atoms with E-state index in [1.54, 1.807) is 19.9 Å². The number of sulfonamides is 1. The number of hydrogen-bond acceptors (Lipinski definition) is 6. The van der Waals surface area contributed by atoms with Crippen LogP contribution >= 0.6 is 0 Å². The van der Waals surface area contributed by atoms with Gasteiger partial charge in [-0.3, -0.25) is 23.9 Å². The number of aliphatic imine (C=N–C) groups is 1.